The van der Waals surface area contributed by atoms with E-state index in [1.165, 1.54) is 13.8 Å². The monoisotopic (exact) mass is 388 g/mol. The molecule has 1 atom stereocenters. The largest absolute Gasteiger partial charge is 0.480 e. The number of carboxylic acid groups (broad SMARTS) is 1. The van der Waals surface area contributed by atoms with Gasteiger partial charge in [0, 0.05) is 20.0 Å². The first-order valence-electron chi connectivity index (χ1n) is 7.92. The number of hydrogen-bond acceptors (Lipinski definition) is 4. The summed E-state index contributed by atoms with van der Waals surface area (Å²) in [6.45, 7) is 2.09. The summed E-state index contributed by atoms with van der Waals surface area (Å²) in [7, 11) is -4.10. The Morgan fingerprint density at radius 3 is 2.16 bits per heavy atom. The van der Waals surface area contributed by atoms with Gasteiger partial charge in [-0.3, -0.25) is 9.59 Å². The molecular weight excluding hydrogens is 365 g/mol. The molecule has 0 aromatic rings. The van der Waals surface area contributed by atoms with Gasteiger partial charge in [0.15, 0.2) is 0 Å². The van der Waals surface area contributed by atoms with Crippen LogP contribution in [0.5, 0.6) is 0 Å². The van der Waals surface area contributed by atoms with Gasteiger partial charge in [-0.2, -0.15) is 17.5 Å². The Morgan fingerprint density at radius 1 is 1.24 bits per heavy atom. The van der Waals surface area contributed by atoms with Crippen molar-refractivity contribution in [1.29, 1.82) is 0 Å². The molecule has 0 saturated heterocycles. The summed E-state index contributed by atoms with van der Waals surface area (Å²) in [5, 5.41) is 10.5. The molecule has 1 unspecified atom stereocenters. The molecular formula is C14H23F3N2O5S. The van der Waals surface area contributed by atoms with Gasteiger partial charge < -0.3 is 10.4 Å². The highest BCUT2D eigenvalue weighted by Crippen LogP contribution is 2.39. The van der Waals surface area contributed by atoms with Crippen LogP contribution in [-0.2, 0) is 19.6 Å². The molecule has 0 spiro atoms. The number of carbonyl (C=O) groups excluding carboxylic acids is 1. The molecule has 0 heterocycles. The molecule has 1 fully saturated rings. The number of aliphatic carboxylic acids is 1. The number of nitrogens with zero attached hydrogens (tertiary/aromatic N) is 1. The minimum Gasteiger partial charge on any atom is -0.480 e. The fourth-order valence-corrected chi connectivity index (χ4v) is 5.01. The van der Waals surface area contributed by atoms with Crippen LogP contribution >= 0.6 is 0 Å². The van der Waals surface area contributed by atoms with Crippen molar-refractivity contribution in [2.24, 2.45) is 5.92 Å². The molecule has 11 heteroatoms. The summed E-state index contributed by atoms with van der Waals surface area (Å²) in [6.07, 6.45) is -5.29. The summed E-state index contributed by atoms with van der Waals surface area (Å²) in [5.41, 5.74) is 0. The van der Waals surface area contributed by atoms with Crippen LogP contribution < -0.4 is 5.32 Å². The van der Waals surface area contributed by atoms with Crippen LogP contribution in [-0.4, -0.2) is 60.3 Å². The molecule has 1 amide bonds. The van der Waals surface area contributed by atoms with Crippen molar-refractivity contribution in [3.63, 3.8) is 0 Å². The molecule has 1 aliphatic rings. The minimum absolute atomic E-state index is 0.0793. The van der Waals surface area contributed by atoms with Crippen LogP contribution in [0.15, 0.2) is 0 Å². The van der Waals surface area contributed by atoms with Gasteiger partial charge in [-0.25, -0.2) is 8.42 Å². The molecule has 0 aromatic carbocycles. The van der Waals surface area contributed by atoms with Crippen molar-refractivity contribution in [2.45, 2.75) is 57.0 Å². The molecule has 7 nitrogen and oxygen atoms in total. The molecule has 0 radical (unpaired) electrons. The van der Waals surface area contributed by atoms with E-state index in [1.807, 2.05) is 0 Å². The van der Waals surface area contributed by atoms with E-state index in [0.29, 0.717) is 0 Å². The van der Waals surface area contributed by atoms with Crippen molar-refractivity contribution >= 4 is 21.9 Å². The lowest BCUT2D eigenvalue weighted by Gasteiger charge is -2.34. The summed E-state index contributed by atoms with van der Waals surface area (Å²) >= 11 is 0. The second-order valence-electron chi connectivity index (χ2n) is 6.17. The van der Waals surface area contributed by atoms with E-state index >= 15 is 0 Å². The van der Waals surface area contributed by atoms with E-state index in [-0.39, 0.29) is 38.8 Å². The molecule has 1 rings (SSSR count). The molecule has 1 aliphatic carbocycles. The van der Waals surface area contributed by atoms with E-state index in [4.69, 9.17) is 5.11 Å². The Bertz CT molecular complexity index is 586. The summed E-state index contributed by atoms with van der Waals surface area (Å²) in [5.74, 6) is -3.29. The van der Waals surface area contributed by atoms with Crippen LogP contribution in [0.2, 0.25) is 0 Å². The zero-order chi connectivity index (χ0) is 19.4. The lowest BCUT2D eigenvalue weighted by Crippen LogP contribution is -2.50. The average Bonchev–Trinajstić information content (AvgIpc) is 2.49. The van der Waals surface area contributed by atoms with E-state index in [1.54, 1.807) is 0 Å². The Balaban J connectivity index is 2.88. The number of halogens is 3. The smallest absolute Gasteiger partial charge is 0.391 e. The number of rotatable bonds is 7. The molecule has 0 aliphatic heterocycles. The first-order chi connectivity index (χ1) is 11.4. The van der Waals surface area contributed by atoms with Gasteiger partial charge in [0.25, 0.3) is 0 Å². The number of carbonyl (C=O) groups is 2. The van der Waals surface area contributed by atoms with Crippen LogP contribution in [0.3, 0.4) is 0 Å². The van der Waals surface area contributed by atoms with Gasteiger partial charge in [0.2, 0.25) is 15.9 Å². The number of amides is 1. The standard InChI is InChI=1S/C14H23F3N2O5S/c1-9(13(21)22)19(8-7-18-10(2)20)25(23,24)12-5-3-11(4-6-12)14(15,16)17/h9,11-12H,3-8H2,1-2H3,(H,18,20)(H,21,22). The summed E-state index contributed by atoms with van der Waals surface area (Å²) in [6, 6.07) is -1.38. The number of nitrogens with one attached hydrogen (secondary N) is 1. The summed E-state index contributed by atoms with van der Waals surface area (Å²) in [4.78, 5) is 22.1. The number of carboxylic acids is 1. The third-order valence-corrected chi connectivity index (χ3v) is 6.85. The Kier molecular flexibility index (Phi) is 7.24. The highest BCUT2D eigenvalue weighted by Gasteiger charge is 2.45. The zero-order valence-corrected chi connectivity index (χ0v) is 14.9. The highest BCUT2D eigenvalue weighted by atomic mass is 32.2. The molecule has 25 heavy (non-hydrogen) atoms. The second kappa shape index (κ2) is 8.35. The third-order valence-electron chi connectivity index (χ3n) is 4.38. The normalized spacial score (nSPS) is 23.3. The Labute approximate surface area is 144 Å². The first-order valence-corrected chi connectivity index (χ1v) is 9.42. The van der Waals surface area contributed by atoms with Gasteiger partial charge in [0.05, 0.1) is 11.2 Å². The van der Waals surface area contributed by atoms with Gasteiger partial charge in [-0.1, -0.05) is 0 Å². The van der Waals surface area contributed by atoms with Crippen molar-refractivity contribution < 1.29 is 36.3 Å². The van der Waals surface area contributed by atoms with Crippen molar-refractivity contribution in [3.8, 4) is 0 Å². The molecule has 0 bridgehead atoms. The van der Waals surface area contributed by atoms with E-state index in [2.05, 4.69) is 5.32 Å². The van der Waals surface area contributed by atoms with Crippen LogP contribution in [0, 0.1) is 5.92 Å². The molecule has 2 N–H and O–H groups in total. The summed E-state index contributed by atoms with van der Waals surface area (Å²) < 4.78 is 64.4. The minimum atomic E-state index is -4.35. The van der Waals surface area contributed by atoms with Gasteiger partial charge in [0.1, 0.15) is 6.04 Å². The SMILES string of the molecule is CC(=O)NCCN(C(C)C(=O)O)S(=O)(=O)C1CCC(C(F)(F)F)CC1. The molecule has 1 saturated carbocycles. The second-order valence-corrected chi connectivity index (χ2v) is 8.33. The Hall–Kier alpha value is -1.36. The Morgan fingerprint density at radius 2 is 1.76 bits per heavy atom. The highest BCUT2D eigenvalue weighted by molar-refractivity contribution is 7.89. The van der Waals surface area contributed by atoms with Gasteiger partial charge >= 0.3 is 12.1 Å². The molecule has 146 valence electrons. The quantitative estimate of drug-likeness (QED) is 0.685. The van der Waals surface area contributed by atoms with Crippen molar-refractivity contribution in [1.82, 2.24) is 9.62 Å². The maximum absolute atomic E-state index is 12.7. The number of alkyl halides is 3. The lowest BCUT2D eigenvalue weighted by atomic mass is 9.88. The number of hydrogen-bond donors (Lipinski definition) is 2. The fraction of sp³-hybridized carbons (Fsp3) is 0.857. The lowest BCUT2D eigenvalue weighted by molar-refractivity contribution is -0.181. The molecule has 0 aromatic heterocycles. The number of sulfonamides is 1. The average molecular weight is 388 g/mol. The van der Waals surface area contributed by atoms with Gasteiger partial charge in [-0.15, -0.1) is 0 Å². The van der Waals surface area contributed by atoms with Gasteiger partial charge in [-0.05, 0) is 32.6 Å². The van der Waals surface area contributed by atoms with E-state index in [0.717, 1.165) is 4.31 Å². The van der Waals surface area contributed by atoms with Crippen molar-refractivity contribution in [3.05, 3.63) is 0 Å². The predicted octanol–water partition coefficient (Wildman–Crippen LogP) is 1.35. The van der Waals surface area contributed by atoms with Crippen molar-refractivity contribution in [2.75, 3.05) is 13.1 Å². The van der Waals surface area contributed by atoms with Crippen LogP contribution in [0.4, 0.5) is 13.2 Å². The van der Waals surface area contributed by atoms with E-state index in [9.17, 15) is 31.2 Å². The maximum Gasteiger partial charge on any atom is 0.391 e. The topological polar surface area (TPSA) is 104 Å². The predicted molar refractivity (Wildman–Crippen MR) is 83.2 cm³/mol. The van der Waals surface area contributed by atoms with Crippen LogP contribution in [0.1, 0.15) is 39.5 Å². The first kappa shape index (κ1) is 21.7. The fourth-order valence-electron chi connectivity index (χ4n) is 2.89. The maximum atomic E-state index is 12.7. The third kappa shape index (κ3) is 5.84. The van der Waals surface area contributed by atoms with Crippen LogP contribution in [0.25, 0.3) is 0 Å². The zero-order valence-electron chi connectivity index (χ0n) is 14.0. The van der Waals surface area contributed by atoms with E-state index < -0.39 is 45.3 Å².